The van der Waals surface area contributed by atoms with Crippen molar-refractivity contribution >= 4 is 17.7 Å². The number of aliphatic hydroxyl groups excluding tert-OH is 1. The topological polar surface area (TPSA) is 53.4 Å². The summed E-state index contributed by atoms with van der Waals surface area (Å²) < 4.78 is 0. The van der Waals surface area contributed by atoms with E-state index in [0.29, 0.717) is 5.75 Å². The van der Waals surface area contributed by atoms with Crippen LogP contribution in [0.2, 0.25) is 0 Å². The molecular formula is C15H22N2O2S. The Labute approximate surface area is 124 Å². The maximum Gasteiger partial charge on any atom is 0.233 e. The van der Waals surface area contributed by atoms with E-state index in [1.54, 1.807) is 18.0 Å². The molecule has 20 heavy (non-hydrogen) atoms. The minimum Gasteiger partial charge on any atom is -0.396 e. The number of amides is 1. The SMILES string of the molecule is CC(C)(CO)CCCN1C(=O)CSC1c1cccnc1. The molecule has 1 N–H and O–H groups in total. The molecule has 0 aromatic carbocycles. The normalized spacial score (nSPS) is 19.6. The van der Waals surface area contributed by atoms with E-state index in [4.69, 9.17) is 0 Å². The van der Waals surface area contributed by atoms with Crippen molar-refractivity contribution in [3.8, 4) is 0 Å². The lowest BCUT2D eigenvalue weighted by atomic mass is 9.89. The Bertz CT molecular complexity index is 450. The van der Waals surface area contributed by atoms with Crippen LogP contribution in [0, 0.1) is 5.41 Å². The van der Waals surface area contributed by atoms with Gasteiger partial charge in [-0.15, -0.1) is 11.8 Å². The summed E-state index contributed by atoms with van der Waals surface area (Å²) >= 11 is 1.66. The van der Waals surface area contributed by atoms with Crippen molar-refractivity contribution in [1.82, 2.24) is 9.88 Å². The highest BCUT2D eigenvalue weighted by molar-refractivity contribution is 8.00. The molecule has 1 saturated heterocycles. The summed E-state index contributed by atoms with van der Waals surface area (Å²) in [6.45, 7) is 5.02. The predicted molar refractivity (Wildman–Crippen MR) is 81.2 cm³/mol. The maximum atomic E-state index is 12.0. The number of hydrogen-bond donors (Lipinski definition) is 1. The van der Waals surface area contributed by atoms with Gasteiger partial charge in [0.2, 0.25) is 5.91 Å². The van der Waals surface area contributed by atoms with Gasteiger partial charge in [-0.25, -0.2) is 0 Å². The number of nitrogens with zero attached hydrogens (tertiary/aromatic N) is 2. The second-order valence-corrected chi connectivity index (χ2v) is 7.03. The molecule has 4 nitrogen and oxygen atoms in total. The van der Waals surface area contributed by atoms with Crippen molar-refractivity contribution < 1.29 is 9.90 Å². The van der Waals surface area contributed by atoms with Crippen LogP contribution in [0.25, 0.3) is 0 Å². The number of thioether (sulfide) groups is 1. The number of aromatic nitrogens is 1. The zero-order valence-corrected chi connectivity index (χ0v) is 12.9. The van der Waals surface area contributed by atoms with Crippen LogP contribution in [-0.2, 0) is 4.79 Å². The number of rotatable bonds is 6. The van der Waals surface area contributed by atoms with Gasteiger partial charge in [0.05, 0.1) is 5.75 Å². The van der Waals surface area contributed by atoms with Gasteiger partial charge >= 0.3 is 0 Å². The lowest BCUT2D eigenvalue weighted by Gasteiger charge is -2.26. The maximum absolute atomic E-state index is 12.0. The van der Waals surface area contributed by atoms with Crippen molar-refractivity contribution in [3.63, 3.8) is 0 Å². The molecule has 1 fully saturated rings. The standard InChI is InChI=1S/C15H22N2O2S/c1-15(2,11-18)6-4-8-17-13(19)10-20-14(17)12-5-3-7-16-9-12/h3,5,7,9,14,18H,4,6,8,10-11H2,1-2H3. The van der Waals surface area contributed by atoms with Gasteiger partial charge in [-0.3, -0.25) is 9.78 Å². The first-order valence-electron chi connectivity index (χ1n) is 6.95. The second-order valence-electron chi connectivity index (χ2n) is 5.96. The van der Waals surface area contributed by atoms with Crippen LogP contribution in [0.1, 0.15) is 37.6 Å². The molecule has 1 unspecified atom stereocenters. The molecule has 0 spiro atoms. The molecule has 0 saturated carbocycles. The van der Waals surface area contributed by atoms with Gasteiger partial charge in [-0.1, -0.05) is 19.9 Å². The number of hydrogen-bond acceptors (Lipinski definition) is 4. The van der Waals surface area contributed by atoms with Crippen LogP contribution in [0.15, 0.2) is 24.5 Å². The highest BCUT2D eigenvalue weighted by Crippen LogP contribution is 2.38. The van der Waals surface area contributed by atoms with Crippen molar-refractivity contribution in [3.05, 3.63) is 30.1 Å². The van der Waals surface area contributed by atoms with Crippen LogP contribution < -0.4 is 0 Å². The Kier molecular flexibility index (Phi) is 5.05. The molecule has 2 heterocycles. The van der Waals surface area contributed by atoms with Gasteiger partial charge in [0.25, 0.3) is 0 Å². The van der Waals surface area contributed by atoms with Crippen LogP contribution in [-0.4, -0.2) is 39.8 Å². The fourth-order valence-corrected chi connectivity index (χ4v) is 3.50. The monoisotopic (exact) mass is 294 g/mol. The first kappa shape index (κ1) is 15.3. The first-order chi connectivity index (χ1) is 9.53. The van der Waals surface area contributed by atoms with Gasteiger partial charge in [-0.05, 0) is 24.3 Å². The summed E-state index contributed by atoms with van der Waals surface area (Å²) in [5, 5.41) is 9.37. The number of pyridine rings is 1. The predicted octanol–water partition coefficient (Wildman–Crippen LogP) is 2.45. The molecule has 110 valence electrons. The summed E-state index contributed by atoms with van der Waals surface area (Å²) in [6, 6.07) is 3.93. The Morgan fingerprint density at radius 2 is 2.35 bits per heavy atom. The summed E-state index contributed by atoms with van der Waals surface area (Å²) in [6.07, 6.45) is 5.41. The van der Waals surface area contributed by atoms with Crippen molar-refractivity contribution in [2.24, 2.45) is 5.41 Å². The minimum absolute atomic E-state index is 0.0697. The fraction of sp³-hybridized carbons (Fsp3) is 0.600. The van der Waals surface area contributed by atoms with Crippen molar-refractivity contribution in [2.45, 2.75) is 32.1 Å². The summed E-state index contributed by atoms with van der Waals surface area (Å²) in [5.74, 6) is 0.744. The molecule has 2 rings (SSSR count). The zero-order valence-electron chi connectivity index (χ0n) is 12.1. The molecule has 1 aromatic rings. The lowest BCUT2D eigenvalue weighted by molar-refractivity contribution is -0.128. The summed E-state index contributed by atoms with van der Waals surface area (Å²) in [5.41, 5.74) is 1.02. The van der Waals surface area contributed by atoms with Crippen LogP contribution in [0.4, 0.5) is 0 Å². The van der Waals surface area contributed by atoms with Crippen LogP contribution in [0.3, 0.4) is 0 Å². The molecule has 1 aromatic heterocycles. The Morgan fingerprint density at radius 3 is 3.00 bits per heavy atom. The first-order valence-corrected chi connectivity index (χ1v) is 8.00. The van der Waals surface area contributed by atoms with Crippen molar-refractivity contribution in [1.29, 1.82) is 0 Å². The molecule has 5 heteroatoms. The lowest BCUT2D eigenvalue weighted by Crippen LogP contribution is -2.30. The fourth-order valence-electron chi connectivity index (χ4n) is 2.30. The molecule has 0 aliphatic carbocycles. The third-order valence-electron chi connectivity index (χ3n) is 3.62. The van der Waals surface area contributed by atoms with Crippen LogP contribution >= 0.6 is 11.8 Å². The quantitative estimate of drug-likeness (QED) is 0.875. The highest BCUT2D eigenvalue weighted by atomic mass is 32.2. The average molecular weight is 294 g/mol. The van der Waals surface area contributed by atoms with E-state index in [0.717, 1.165) is 24.9 Å². The highest BCUT2D eigenvalue weighted by Gasteiger charge is 2.32. The van der Waals surface area contributed by atoms with E-state index in [-0.39, 0.29) is 23.3 Å². The van der Waals surface area contributed by atoms with Gasteiger partial charge in [0.15, 0.2) is 0 Å². The second kappa shape index (κ2) is 6.59. The molecule has 1 amide bonds. The number of carbonyl (C=O) groups is 1. The van der Waals surface area contributed by atoms with Gasteiger partial charge in [-0.2, -0.15) is 0 Å². The van der Waals surface area contributed by atoms with E-state index in [1.165, 1.54) is 0 Å². The third-order valence-corrected chi connectivity index (χ3v) is 4.87. The summed E-state index contributed by atoms with van der Waals surface area (Å²) in [7, 11) is 0. The minimum atomic E-state index is -0.0697. The molecule has 0 radical (unpaired) electrons. The van der Waals surface area contributed by atoms with E-state index >= 15 is 0 Å². The van der Waals surface area contributed by atoms with Gasteiger partial charge < -0.3 is 10.0 Å². The molecule has 1 aliphatic rings. The average Bonchev–Trinajstić information content (AvgIpc) is 2.81. The van der Waals surface area contributed by atoms with E-state index in [1.807, 2.05) is 37.1 Å². The third kappa shape index (κ3) is 3.73. The Balaban J connectivity index is 1.96. The Morgan fingerprint density at radius 1 is 1.55 bits per heavy atom. The van der Waals surface area contributed by atoms with E-state index in [2.05, 4.69) is 4.98 Å². The smallest absolute Gasteiger partial charge is 0.233 e. The zero-order chi connectivity index (χ0) is 14.6. The van der Waals surface area contributed by atoms with Gasteiger partial charge in [0, 0.05) is 31.1 Å². The van der Waals surface area contributed by atoms with E-state index < -0.39 is 0 Å². The van der Waals surface area contributed by atoms with Gasteiger partial charge in [0.1, 0.15) is 5.37 Å². The summed E-state index contributed by atoms with van der Waals surface area (Å²) in [4.78, 5) is 18.1. The molecule has 1 atom stereocenters. The molecule has 0 bridgehead atoms. The largest absolute Gasteiger partial charge is 0.396 e. The molecular weight excluding hydrogens is 272 g/mol. The van der Waals surface area contributed by atoms with Crippen molar-refractivity contribution in [2.75, 3.05) is 18.9 Å². The number of carbonyl (C=O) groups excluding carboxylic acids is 1. The number of aliphatic hydroxyl groups is 1. The van der Waals surface area contributed by atoms with E-state index in [9.17, 15) is 9.90 Å². The Hall–Kier alpha value is -1.07. The van der Waals surface area contributed by atoms with Crippen LogP contribution in [0.5, 0.6) is 0 Å². The molecule has 1 aliphatic heterocycles.